The van der Waals surface area contributed by atoms with E-state index in [0.717, 1.165) is 68.1 Å². The lowest BCUT2D eigenvalue weighted by molar-refractivity contribution is -0.109. The van der Waals surface area contributed by atoms with Gasteiger partial charge in [0, 0.05) is 18.0 Å². The molecule has 1 amide bonds. The van der Waals surface area contributed by atoms with E-state index in [1.54, 1.807) is 6.07 Å². The molecule has 1 heterocycles. The zero-order valence-electron chi connectivity index (χ0n) is 27.1. The standard InChI is InChI=1S/C39H43F2N3O3.ClH/c40-36-18-17-33(37(41)28-36)27-31-19-23-43(24-20-31)22-10-21-39(34-13-6-2-7-14-34,35-15-8-3-9-16-35)30-42-44(25-26-45)38(46)47-29-32-11-4-1-5-12-32;/h1-9,11-18,26,28,31,42H,10,19-25,27,29-30H2;1H. The quantitative estimate of drug-likeness (QED) is 0.103. The molecule has 1 fully saturated rings. The van der Waals surface area contributed by atoms with Crippen molar-refractivity contribution in [2.75, 3.05) is 32.7 Å². The number of ether oxygens (including phenoxy) is 1. The fourth-order valence-electron chi connectivity index (χ4n) is 6.58. The number of carbonyl (C=O) groups excluding carboxylic acids is 2. The van der Waals surface area contributed by atoms with Gasteiger partial charge >= 0.3 is 6.09 Å². The number of nitrogens with zero attached hydrogens (tertiary/aromatic N) is 2. The van der Waals surface area contributed by atoms with E-state index in [9.17, 15) is 18.4 Å². The van der Waals surface area contributed by atoms with Crippen LogP contribution in [0.5, 0.6) is 0 Å². The minimum Gasteiger partial charge on any atom is -0.444 e. The molecule has 6 nitrogen and oxygen atoms in total. The largest absolute Gasteiger partial charge is 0.444 e. The number of hydrazine groups is 1. The van der Waals surface area contributed by atoms with Crippen LogP contribution >= 0.6 is 12.4 Å². The van der Waals surface area contributed by atoms with Crippen molar-refractivity contribution >= 4 is 24.8 Å². The van der Waals surface area contributed by atoms with E-state index in [1.807, 2.05) is 66.7 Å². The molecule has 0 unspecified atom stereocenters. The molecule has 0 saturated carbocycles. The highest BCUT2D eigenvalue weighted by Gasteiger charge is 2.35. The summed E-state index contributed by atoms with van der Waals surface area (Å²) >= 11 is 0. The van der Waals surface area contributed by atoms with E-state index in [4.69, 9.17) is 4.74 Å². The van der Waals surface area contributed by atoms with Gasteiger partial charge in [0.2, 0.25) is 0 Å². The molecule has 4 aromatic carbocycles. The van der Waals surface area contributed by atoms with Gasteiger partial charge in [-0.25, -0.2) is 24.0 Å². The second kappa shape index (κ2) is 18.4. The SMILES string of the molecule is Cl.O=CCN(NCC(CCCN1CCC(Cc2ccc(F)cc2F)CC1)(c1ccccc1)c1ccccc1)C(=O)OCc1ccccc1. The Morgan fingerprint density at radius 2 is 1.50 bits per heavy atom. The van der Waals surface area contributed by atoms with Gasteiger partial charge in [0.15, 0.2) is 0 Å². The Hall–Kier alpha value is -4.11. The van der Waals surface area contributed by atoms with Crippen LogP contribution in [0.4, 0.5) is 13.6 Å². The Kier molecular flexibility index (Phi) is 14.1. The van der Waals surface area contributed by atoms with Crippen LogP contribution in [0.2, 0.25) is 0 Å². The van der Waals surface area contributed by atoms with Gasteiger partial charge in [0.1, 0.15) is 24.5 Å². The number of likely N-dealkylation sites (tertiary alicyclic amines) is 1. The van der Waals surface area contributed by atoms with Crippen LogP contribution in [0.1, 0.15) is 47.9 Å². The molecule has 0 spiro atoms. The minimum absolute atomic E-state index is 0. The maximum absolute atomic E-state index is 14.2. The fourth-order valence-corrected chi connectivity index (χ4v) is 6.58. The zero-order chi connectivity index (χ0) is 32.9. The van der Waals surface area contributed by atoms with Gasteiger partial charge in [-0.15, -0.1) is 12.4 Å². The first kappa shape index (κ1) is 36.7. The minimum atomic E-state index is -0.612. The van der Waals surface area contributed by atoms with E-state index in [-0.39, 0.29) is 25.6 Å². The second-order valence-corrected chi connectivity index (χ2v) is 12.3. The number of benzene rings is 4. The normalized spacial score (nSPS) is 13.8. The summed E-state index contributed by atoms with van der Waals surface area (Å²) in [6.45, 7) is 3.08. The summed E-state index contributed by atoms with van der Waals surface area (Å²) in [7, 11) is 0. The number of aldehydes is 1. The molecule has 1 aliphatic rings. The van der Waals surface area contributed by atoms with Crippen LogP contribution < -0.4 is 5.43 Å². The molecule has 4 aromatic rings. The Bertz CT molecular complexity index is 1520. The lowest BCUT2D eigenvalue weighted by atomic mass is 9.71. The topological polar surface area (TPSA) is 61.9 Å². The molecule has 9 heteroatoms. The van der Waals surface area contributed by atoms with Crippen molar-refractivity contribution < 1.29 is 23.1 Å². The van der Waals surface area contributed by atoms with Crippen molar-refractivity contribution in [1.29, 1.82) is 0 Å². The predicted molar refractivity (Wildman–Crippen MR) is 187 cm³/mol. The van der Waals surface area contributed by atoms with Crippen molar-refractivity contribution in [1.82, 2.24) is 15.3 Å². The Morgan fingerprint density at radius 1 is 0.896 bits per heavy atom. The maximum atomic E-state index is 14.2. The molecule has 48 heavy (non-hydrogen) atoms. The van der Waals surface area contributed by atoms with Gasteiger partial charge in [0.05, 0.1) is 6.54 Å². The van der Waals surface area contributed by atoms with Crippen LogP contribution in [0, 0.1) is 17.6 Å². The first-order valence-corrected chi connectivity index (χ1v) is 16.4. The van der Waals surface area contributed by atoms with Crippen LogP contribution in [-0.4, -0.2) is 55.0 Å². The summed E-state index contributed by atoms with van der Waals surface area (Å²) in [5.74, 6) is -0.637. The molecule has 0 atom stereocenters. The molecule has 0 radical (unpaired) electrons. The van der Waals surface area contributed by atoms with Crippen LogP contribution in [0.25, 0.3) is 0 Å². The molecule has 0 aromatic heterocycles. The third-order valence-electron chi connectivity index (χ3n) is 9.22. The summed E-state index contributed by atoms with van der Waals surface area (Å²) in [4.78, 5) is 27.2. The van der Waals surface area contributed by atoms with E-state index < -0.39 is 23.1 Å². The lowest BCUT2D eigenvalue weighted by Crippen LogP contribution is -2.51. The highest BCUT2D eigenvalue weighted by atomic mass is 35.5. The predicted octanol–water partition coefficient (Wildman–Crippen LogP) is 7.75. The van der Waals surface area contributed by atoms with E-state index in [2.05, 4.69) is 34.6 Å². The Morgan fingerprint density at radius 3 is 2.08 bits per heavy atom. The second-order valence-electron chi connectivity index (χ2n) is 12.3. The number of nitrogens with one attached hydrogen (secondary N) is 1. The molecule has 1 N–H and O–H groups in total. The number of carbonyl (C=O) groups is 2. The fraction of sp³-hybridized carbons (Fsp3) is 0.333. The third kappa shape index (κ3) is 9.95. The van der Waals surface area contributed by atoms with Crippen molar-refractivity contribution in [3.63, 3.8) is 0 Å². The van der Waals surface area contributed by atoms with Gasteiger partial charge < -0.3 is 14.4 Å². The smallest absolute Gasteiger partial charge is 0.424 e. The summed E-state index contributed by atoms with van der Waals surface area (Å²) < 4.78 is 33.2. The van der Waals surface area contributed by atoms with Crippen LogP contribution in [0.3, 0.4) is 0 Å². The number of halogens is 3. The first-order valence-electron chi connectivity index (χ1n) is 16.4. The average molecular weight is 676 g/mol. The molecule has 0 aliphatic carbocycles. The number of rotatable bonds is 15. The molecule has 1 saturated heterocycles. The van der Waals surface area contributed by atoms with Crippen molar-refractivity contribution in [2.24, 2.45) is 5.92 Å². The number of piperidine rings is 1. The van der Waals surface area contributed by atoms with E-state index >= 15 is 0 Å². The molecule has 254 valence electrons. The van der Waals surface area contributed by atoms with Crippen LogP contribution in [-0.2, 0) is 28.0 Å². The summed E-state index contributed by atoms with van der Waals surface area (Å²) in [6.07, 6.45) is 4.33. The maximum Gasteiger partial charge on any atom is 0.424 e. The molecule has 0 bridgehead atoms. The van der Waals surface area contributed by atoms with Gasteiger partial charge in [-0.3, -0.25) is 0 Å². The molecular formula is C39H44ClF2N3O3. The van der Waals surface area contributed by atoms with Crippen molar-refractivity contribution in [2.45, 2.75) is 44.1 Å². The summed E-state index contributed by atoms with van der Waals surface area (Å²) in [6, 6.07) is 33.9. The summed E-state index contributed by atoms with van der Waals surface area (Å²) in [5.41, 5.74) is 6.45. The van der Waals surface area contributed by atoms with Crippen molar-refractivity contribution in [3.8, 4) is 0 Å². The van der Waals surface area contributed by atoms with Gasteiger partial charge in [-0.2, -0.15) is 0 Å². The monoisotopic (exact) mass is 675 g/mol. The van der Waals surface area contributed by atoms with Crippen molar-refractivity contribution in [3.05, 3.63) is 143 Å². The van der Waals surface area contributed by atoms with E-state index in [0.29, 0.717) is 30.7 Å². The Balaban J connectivity index is 0.00000520. The van der Waals surface area contributed by atoms with Gasteiger partial charge in [0.25, 0.3) is 0 Å². The third-order valence-corrected chi connectivity index (χ3v) is 9.22. The molecular weight excluding hydrogens is 632 g/mol. The van der Waals surface area contributed by atoms with Gasteiger partial charge in [-0.05, 0) is 86.0 Å². The highest BCUT2D eigenvalue weighted by molar-refractivity contribution is 5.85. The van der Waals surface area contributed by atoms with E-state index in [1.165, 1.54) is 11.1 Å². The van der Waals surface area contributed by atoms with Crippen LogP contribution in [0.15, 0.2) is 109 Å². The van der Waals surface area contributed by atoms with Gasteiger partial charge in [-0.1, -0.05) is 97.1 Å². The molecule has 5 rings (SSSR count). The zero-order valence-corrected chi connectivity index (χ0v) is 27.9. The Labute approximate surface area is 288 Å². The molecule has 1 aliphatic heterocycles. The highest BCUT2D eigenvalue weighted by Crippen LogP contribution is 2.37. The number of hydrogen-bond acceptors (Lipinski definition) is 5. The lowest BCUT2D eigenvalue weighted by Gasteiger charge is -2.38. The average Bonchev–Trinajstić information content (AvgIpc) is 3.11. The number of amides is 1. The summed E-state index contributed by atoms with van der Waals surface area (Å²) in [5, 5.41) is 1.26. The number of hydrogen-bond donors (Lipinski definition) is 1. The first-order chi connectivity index (χ1) is 23.0.